The minimum absolute atomic E-state index is 0.0273. The van der Waals surface area contributed by atoms with E-state index < -0.39 is 12.3 Å². The number of rotatable bonds is 3. The molecule has 1 rings (SSSR count). The molecule has 1 fully saturated rings. The maximum absolute atomic E-state index is 12.6. The molecule has 13 heavy (non-hydrogen) atoms. The van der Waals surface area contributed by atoms with Crippen molar-refractivity contribution < 1.29 is 8.78 Å². The summed E-state index contributed by atoms with van der Waals surface area (Å²) < 4.78 is 25.2. The average Bonchev–Trinajstić information content (AvgIpc) is 2.32. The Morgan fingerprint density at radius 3 is 2.46 bits per heavy atom. The quantitative estimate of drug-likeness (QED) is 0.772. The Labute approximate surface area is 82.4 Å². The standard InChI is InChI=1S/C9H17F2NS/c1-9(2)7(3-4-13-9)6(5-12)8(10)11/h6-8H,3-5,12H2,1-2H3. The number of hydrogen-bond acceptors (Lipinski definition) is 2. The number of alkyl halides is 2. The topological polar surface area (TPSA) is 26.0 Å². The van der Waals surface area contributed by atoms with Gasteiger partial charge < -0.3 is 5.73 Å². The highest BCUT2D eigenvalue weighted by atomic mass is 32.2. The molecule has 0 radical (unpaired) electrons. The van der Waals surface area contributed by atoms with Gasteiger partial charge in [-0.1, -0.05) is 13.8 Å². The van der Waals surface area contributed by atoms with Gasteiger partial charge in [0.05, 0.1) is 0 Å². The van der Waals surface area contributed by atoms with Crippen LogP contribution in [-0.2, 0) is 0 Å². The second-order valence-corrected chi connectivity index (χ2v) is 5.83. The van der Waals surface area contributed by atoms with Crippen LogP contribution >= 0.6 is 11.8 Å². The molecule has 1 aliphatic rings. The molecule has 2 N–H and O–H groups in total. The van der Waals surface area contributed by atoms with Crippen molar-refractivity contribution in [1.29, 1.82) is 0 Å². The van der Waals surface area contributed by atoms with Gasteiger partial charge in [-0.15, -0.1) is 0 Å². The highest BCUT2D eigenvalue weighted by Crippen LogP contribution is 2.47. The van der Waals surface area contributed by atoms with Gasteiger partial charge in [-0.2, -0.15) is 11.8 Å². The minimum Gasteiger partial charge on any atom is -0.330 e. The first kappa shape index (κ1) is 11.2. The van der Waals surface area contributed by atoms with Crippen LogP contribution in [0.3, 0.4) is 0 Å². The summed E-state index contributed by atoms with van der Waals surface area (Å²) in [6, 6.07) is 0. The van der Waals surface area contributed by atoms with Crippen LogP contribution in [0.1, 0.15) is 20.3 Å². The van der Waals surface area contributed by atoms with E-state index in [1.807, 2.05) is 13.8 Å². The zero-order valence-electron chi connectivity index (χ0n) is 8.09. The Kier molecular flexibility index (Phi) is 3.57. The van der Waals surface area contributed by atoms with Crippen LogP contribution in [0.25, 0.3) is 0 Å². The molecule has 0 saturated carbocycles. The Morgan fingerprint density at radius 1 is 1.54 bits per heavy atom. The molecule has 0 aliphatic carbocycles. The molecule has 0 aromatic heterocycles. The lowest BCUT2D eigenvalue weighted by Crippen LogP contribution is -2.37. The number of halogens is 2. The summed E-state index contributed by atoms with van der Waals surface area (Å²) >= 11 is 1.78. The van der Waals surface area contributed by atoms with Crippen molar-refractivity contribution in [1.82, 2.24) is 0 Å². The summed E-state index contributed by atoms with van der Waals surface area (Å²) in [4.78, 5) is 0. The maximum Gasteiger partial charge on any atom is 0.242 e. The van der Waals surface area contributed by atoms with Crippen LogP contribution in [0.5, 0.6) is 0 Å². The molecule has 2 unspecified atom stereocenters. The largest absolute Gasteiger partial charge is 0.330 e. The van der Waals surface area contributed by atoms with E-state index in [1.165, 1.54) is 0 Å². The fourth-order valence-electron chi connectivity index (χ4n) is 2.08. The smallest absolute Gasteiger partial charge is 0.242 e. The predicted molar refractivity (Wildman–Crippen MR) is 53.2 cm³/mol. The van der Waals surface area contributed by atoms with Gasteiger partial charge >= 0.3 is 0 Å². The first-order chi connectivity index (χ1) is 5.99. The lowest BCUT2D eigenvalue weighted by molar-refractivity contribution is 0.0406. The third kappa shape index (κ3) is 2.34. The van der Waals surface area contributed by atoms with Gasteiger partial charge in [0.15, 0.2) is 0 Å². The van der Waals surface area contributed by atoms with E-state index in [0.29, 0.717) is 0 Å². The molecule has 1 nitrogen and oxygen atoms in total. The summed E-state index contributed by atoms with van der Waals surface area (Å²) in [7, 11) is 0. The van der Waals surface area contributed by atoms with Gasteiger partial charge in [0, 0.05) is 17.2 Å². The summed E-state index contributed by atoms with van der Waals surface area (Å²) in [5.41, 5.74) is 5.39. The van der Waals surface area contributed by atoms with Gasteiger partial charge in [0.1, 0.15) is 0 Å². The van der Waals surface area contributed by atoms with Gasteiger partial charge in [-0.05, 0) is 18.1 Å². The van der Waals surface area contributed by atoms with Gasteiger partial charge in [-0.25, -0.2) is 8.78 Å². The number of hydrogen-bond donors (Lipinski definition) is 1. The fourth-order valence-corrected chi connectivity index (χ4v) is 3.48. The zero-order chi connectivity index (χ0) is 10.1. The molecule has 78 valence electrons. The predicted octanol–water partition coefficient (Wildman–Crippen LogP) is 2.36. The van der Waals surface area contributed by atoms with Crippen molar-refractivity contribution in [3.05, 3.63) is 0 Å². The van der Waals surface area contributed by atoms with Crippen molar-refractivity contribution in [2.45, 2.75) is 31.4 Å². The Bertz CT molecular complexity index is 173. The van der Waals surface area contributed by atoms with Gasteiger partial charge in [-0.3, -0.25) is 0 Å². The highest BCUT2D eigenvalue weighted by molar-refractivity contribution is 8.00. The molecule has 0 bridgehead atoms. The molecule has 1 saturated heterocycles. The van der Waals surface area contributed by atoms with Crippen molar-refractivity contribution in [3.8, 4) is 0 Å². The average molecular weight is 209 g/mol. The Morgan fingerprint density at radius 2 is 2.15 bits per heavy atom. The van der Waals surface area contributed by atoms with E-state index in [2.05, 4.69) is 0 Å². The molecule has 1 aliphatic heterocycles. The van der Waals surface area contributed by atoms with Crippen LogP contribution in [0.4, 0.5) is 8.78 Å². The molecule has 0 amide bonds. The van der Waals surface area contributed by atoms with Crippen LogP contribution in [-0.4, -0.2) is 23.5 Å². The van der Waals surface area contributed by atoms with E-state index in [4.69, 9.17) is 5.73 Å². The maximum atomic E-state index is 12.6. The number of nitrogens with two attached hydrogens (primary N) is 1. The second kappa shape index (κ2) is 4.13. The molecule has 0 spiro atoms. The molecule has 0 aromatic rings. The van der Waals surface area contributed by atoms with E-state index in [1.54, 1.807) is 11.8 Å². The van der Waals surface area contributed by atoms with Crippen molar-refractivity contribution in [2.24, 2.45) is 17.6 Å². The van der Waals surface area contributed by atoms with E-state index in [9.17, 15) is 8.78 Å². The van der Waals surface area contributed by atoms with E-state index in [0.717, 1.165) is 12.2 Å². The minimum atomic E-state index is -2.27. The van der Waals surface area contributed by atoms with Gasteiger partial charge in [0.2, 0.25) is 6.43 Å². The number of thioether (sulfide) groups is 1. The summed E-state index contributed by atoms with van der Waals surface area (Å²) in [5, 5.41) is 0. The molecular weight excluding hydrogens is 192 g/mol. The molecule has 0 aromatic carbocycles. The zero-order valence-corrected chi connectivity index (χ0v) is 8.91. The lowest BCUT2D eigenvalue weighted by atomic mass is 9.81. The monoisotopic (exact) mass is 209 g/mol. The third-order valence-electron chi connectivity index (χ3n) is 2.91. The lowest BCUT2D eigenvalue weighted by Gasteiger charge is -2.32. The van der Waals surface area contributed by atoms with Crippen molar-refractivity contribution in [2.75, 3.05) is 12.3 Å². The van der Waals surface area contributed by atoms with Crippen LogP contribution < -0.4 is 5.73 Å². The van der Waals surface area contributed by atoms with Gasteiger partial charge in [0.25, 0.3) is 0 Å². The molecular formula is C9H17F2NS. The molecule has 4 heteroatoms. The SMILES string of the molecule is CC1(C)SCCC1C(CN)C(F)F. The normalized spacial score (nSPS) is 29.5. The molecule has 1 heterocycles. The Balaban J connectivity index is 2.68. The van der Waals surface area contributed by atoms with E-state index in [-0.39, 0.29) is 17.2 Å². The van der Waals surface area contributed by atoms with Crippen LogP contribution in [0, 0.1) is 11.8 Å². The van der Waals surface area contributed by atoms with Crippen molar-refractivity contribution in [3.63, 3.8) is 0 Å². The summed E-state index contributed by atoms with van der Waals surface area (Å²) in [6.45, 7) is 4.19. The third-order valence-corrected chi connectivity index (χ3v) is 4.40. The van der Waals surface area contributed by atoms with Crippen LogP contribution in [0.15, 0.2) is 0 Å². The van der Waals surface area contributed by atoms with E-state index >= 15 is 0 Å². The first-order valence-electron chi connectivity index (χ1n) is 4.61. The summed E-state index contributed by atoms with van der Waals surface area (Å²) in [5.74, 6) is 0.438. The van der Waals surface area contributed by atoms with Crippen LogP contribution in [0.2, 0.25) is 0 Å². The first-order valence-corrected chi connectivity index (χ1v) is 5.59. The second-order valence-electron chi connectivity index (χ2n) is 4.08. The fraction of sp³-hybridized carbons (Fsp3) is 1.00. The Hall–Kier alpha value is 0.170. The van der Waals surface area contributed by atoms with Crippen molar-refractivity contribution >= 4 is 11.8 Å². The highest BCUT2D eigenvalue weighted by Gasteiger charge is 2.42. The summed E-state index contributed by atoms with van der Waals surface area (Å²) in [6.07, 6.45) is -1.39. The molecule has 2 atom stereocenters.